The van der Waals surface area contributed by atoms with E-state index in [2.05, 4.69) is 10.2 Å². The van der Waals surface area contributed by atoms with Crippen molar-refractivity contribution < 1.29 is 22.8 Å². The van der Waals surface area contributed by atoms with Crippen LogP contribution in [0, 0.1) is 0 Å². The van der Waals surface area contributed by atoms with Crippen molar-refractivity contribution in [3.05, 3.63) is 65.7 Å². The molecular weight excluding hydrogens is 419 g/mol. The normalized spacial score (nSPS) is 14.9. The number of nitrogens with zero attached hydrogens (tertiary/aromatic N) is 2. The molecule has 1 aliphatic heterocycles. The molecule has 0 unspecified atom stereocenters. The smallest absolute Gasteiger partial charge is 0.368 e. The largest absolute Gasteiger partial charge is 0.416 e. The predicted octanol–water partition coefficient (Wildman–Crippen LogP) is 3.84. The van der Waals surface area contributed by atoms with Gasteiger partial charge in [-0.2, -0.15) is 13.2 Å². The van der Waals surface area contributed by atoms with E-state index in [1.807, 2.05) is 30.3 Å². The Morgan fingerprint density at radius 2 is 1.53 bits per heavy atom. The number of hydrogen-bond acceptors (Lipinski definition) is 3. The Bertz CT molecular complexity index is 937. The number of hydrogen-bond donors (Lipinski definition) is 1. The molecule has 5 nitrogen and oxygen atoms in total. The van der Waals surface area contributed by atoms with Gasteiger partial charge in [-0.1, -0.05) is 36.4 Å². The third-order valence-corrected chi connectivity index (χ3v) is 5.86. The van der Waals surface area contributed by atoms with E-state index in [1.165, 1.54) is 12.1 Å². The molecule has 1 N–H and O–H groups in total. The predicted molar refractivity (Wildman–Crippen MR) is 117 cm³/mol. The highest BCUT2D eigenvalue weighted by atomic mass is 19.4. The molecule has 32 heavy (non-hydrogen) atoms. The first-order chi connectivity index (χ1) is 15.1. The third kappa shape index (κ3) is 5.60. The van der Waals surface area contributed by atoms with Crippen molar-refractivity contribution in [3.8, 4) is 0 Å². The zero-order valence-corrected chi connectivity index (χ0v) is 18.3. The van der Waals surface area contributed by atoms with Gasteiger partial charge in [-0.15, -0.1) is 0 Å². The van der Waals surface area contributed by atoms with Crippen LogP contribution in [0.1, 0.15) is 31.4 Å². The molecule has 0 atom stereocenters. The summed E-state index contributed by atoms with van der Waals surface area (Å²) in [5.74, 6) is -0.464. The lowest BCUT2D eigenvalue weighted by Gasteiger charge is -2.36. The maximum atomic E-state index is 13.0. The Kier molecular flexibility index (Phi) is 7.11. The first-order valence-corrected chi connectivity index (χ1v) is 10.6. The molecule has 1 aliphatic rings. The van der Waals surface area contributed by atoms with Gasteiger partial charge in [0, 0.05) is 44.8 Å². The molecule has 2 amide bonds. The second-order valence-corrected chi connectivity index (χ2v) is 8.41. The molecule has 172 valence electrons. The molecule has 2 aromatic carbocycles. The van der Waals surface area contributed by atoms with Gasteiger partial charge in [-0.25, -0.2) is 0 Å². The molecule has 1 heterocycles. The SMILES string of the molecule is CC(C)(C(=O)NCCC(=O)N1CCN(c2ccccc2)CC1)c1cccc(C(F)(F)F)c1. The Morgan fingerprint density at radius 3 is 2.16 bits per heavy atom. The third-order valence-electron chi connectivity index (χ3n) is 5.86. The highest BCUT2D eigenvalue weighted by Gasteiger charge is 2.35. The summed E-state index contributed by atoms with van der Waals surface area (Å²) < 4.78 is 39.0. The van der Waals surface area contributed by atoms with E-state index in [4.69, 9.17) is 0 Å². The lowest BCUT2D eigenvalue weighted by atomic mass is 9.83. The van der Waals surface area contributed by atoms with Crippen LogP contribution in [0.25, 0.3) is 0 Å². The van der Waals surface area contributed by atoms with Crippen LogP contribution in [0.5, 0.6) is 0 Å². The summed E-state index contributed by atoms with van der Waals surface area (Å²) in [7, 11) is 0. The summed E-state index contributed by atoms with van der Waals surface area (Å²) in [4.78, 5) is 29.2. The molecule has 0 aliphatic carbocycles. The van der Waals surface area contributed by atoms with Crippen molar-refractivity contribution in [2.75, 3.05) is 37.6 Å². The highest BCUT2D eigenvalue weighted by molar-refractivity contribution is 5.88. The van der Waals surface area contributed by atoms with Gasteiger partial charge >= 0.3 is 6.18 Å². The zero-order valence-electron chi connectivity index (χ0n) is 18.3. The topological polar surface area (TPSA) is 52.7 Å². The number of anilines is 1. The number of halogens is 3. The fraction of sp³-hybridized carbons (Fsp3) is 0.417. The summed E-state index contributed by atoms with van der Waals surface area (Å²) >= 11 is 0. The second-order valence-electron chi connectivity index (χ2n) is 8.41. The zero-order chi connectivity index (χ0) is 23.4. The monoisotopic (exact) mass is 447 g/mol. The van der Waals surface area contributed by atoms with E-state index in [-0.39, 0.29) is 24.4 Å². The van der Waals surface area contributed by atoms with Crippen molar-refractivity contribution in [2.45, 2.75) is 31.9 Å². The molecule has 0 aromatic heterocycles. The van der Waals surface area contributed by atoms with Crippen LogP contribution in [-0.2, 0) is 21.2 Å². The molecule has 8 heteroatoms. The van der Waals surface area contributed by atoms with E-state index in [1.54, 1.807) is 18.7 Å². The number of carbonyl (C=O) groups is 2. The number of carbonyl (C=O) groups excluding carboxylic acids is 2. The van der Waals surface area contributed by atoms with Gasteiger partial charge in [-0.3, -0.25) is 9.59 Å². The van der Waals surface area contributed by atoms with Gasteiger partial charge in [0.25, 0.3) is 0 Å². The molecule has 1 fully saturated rings. The van der Waals surface area contributed by atoms with E-state index in [9.17, 15) is 22.8 Å². The summed E-state index contributed by atoms with van der Waals surface area (Å²) in [5.41, 5.74) is -0.552. The Balaban J connectivity index is 1.48. The van der Waals surface area contributed by atoms with Crippen molar-refractivity contribution in [1.82, 2.24) is 10.2 Å². The fourth-order valence-corrected chi connectivity index (χ4v) is 3.73. The first kappa shape index (κ1) is 23.6. The first-order valence-electron chi connectivity index (χ1n) is 10.6. The molecule has 1 saturated heterocycles. The number of piperazine rings is 1. The van der Waals surface area contributed by atoms with Gasteiger partial charge in [0.15, 0.2) is 0 Å². The number of nitrogens with one attached hydrogen (secondary N) is 1. The van der Waals surface area contributed by atoms with E-state index in [0.29, 0.717) is 13.1 Å². The van der Waals surface area contributed by atoms with E-state index >= 15 is 0 Å². The molecule has 0 radical (unpaired) electrons. The van der Waals surface area contributed by atoms with Crippen molar-refractivity contribution >= 4 is 17.5 Å². The highest BCUT2D eigenvalue weighted by Crippen LogP contribution is 2.32. The number of rotatable bonds is 6. The molecule has 0 bridgehead atoms. The van der Waals surface area contributed by atoms with E-state index in [0.717, 1.165) is 30.9 Å². The standard InChI is InChI=1S/C24H28F3N3O2/c1-23(2,18-7-6-8-19(17-18)24(25,26)27)22(32)28-12-11-21(31)30-15-13-29(14-16-30)20-9-4-3-5-10-20/h3-10,17H,11-16H2,1-2H3,(H,28,32). The van der Waals surface area contributed by atoms with Gasteiger partial charge < -0.3 is 15.1 Å². The minimum Gasteiger partial charge on any atom is -0.368 e. The number of alkyl halides is 3. The number of amides is 2. The maximum absolute atomic E-state index is 13.0. The van der Waals surface area contributed by atoms with Crippen LogP contribution in [0.15, 0.2) is 54.6 Å². The number of para-hydroxylation sites is 1. The van der Waals surface area contributed by atoms with Crippen LogP contribution >= 0.6 is 0 Å². The van der Waals surface area contributed by atoms with Crippen LogP contribution in [-0.4, -0.2) is 49.4 Å². The van der Waals surface area contributed by atoms with Crippen molar-refractivity contribution in [1.29, 1.82) is 0 Å². The lowest BCUT2D eigenvalue weighted by molar-refractivity contribution is -0.138. The summed E-state index contributed by atoms with van der Waals surface area (Å²) in [6.45, 7) is 5.98. The molecule has 0 spiro atoms. The average molecular weight is 448 g/mol. The average Bonchev–Trinajstić information content (AvgIpc) is 2.79. The molecular formula is C24H28F3N3O2. The number of benzene rings is 2. The van der Waals surface area contributed by atoms with Crippen LogP contribution in [0.4, 0.5) is 18.9 Å². The Hall–Kier alpha value is -3.03. The fourth-order valence-electron chi connectivity index (χ4n) is 3.73. The van der Waals surface area contributed by atoms with Crippen LogP contribution in [0.3, 0.4) is 0 Å². The van der Waals surface area contributed by atoms with Crippen molar-refractivity contribution in [2.24, 2.45) is 0 Å². The lowest BCUT2D eigenvalue weighted by Crippen LogP contribution is -2.49. The summed E-state index contributed by atoms with van der Waals surface area (Å²) in [6.07, 6.45) is -4.32. The molecule has 0 saturated carbocycles. The summed E-state index contributed by atoms with van der Waals surface area (Å²) in [5, 5.41) is 2.71. The Morgan fingerprint density at radius 1 is 0.906 bits per heavy atom. The molecule has 2 aromatic rings. The van der Waals surface area contributed by atoms with E-state index < -0.39 is 23.1 Å². The van der Waals surface area contributed by atoms with Gasteiger partial charge in [0.05, 0.1) is 11.0 Å². The van der Waals surface area contributed by atoms with Gasteiger partial charge in [0.2, 0.25) is 11.8 Å². The van der Waals surface area contributed by atoms with Gasteiger partial charge in [-0.05, 0) is 37.6 Å². The molecule has 3 rings (SSSR count). The maximum Gasteiger partial charge on any atom is 0.416 e. The van der Waals surface area contributed by atoms with Crippen LogP contribution in [0.2, 0.25) is 0 Å². The van der Waals surface area contributed by atoms with Crippen LogP contribution < -0.4 is 10.2 Å². The Labute approximate surface area is 186 Å². The minimum atomic E-state index is -4.47. The minimum absolute atomic E-state index is 0.0464. The summed E-state index contributed by atoms with van der Waals surface area (Å²) in [6, 6.07) is 14.8. The second kappa shape index (κ2) is 9.63. The van der Waals surface area contributed by atoms with Gasteiger partial charge in [0.1, 0.15) is 0 Å². The van der Waals surface area contributed by atoms with Crippen molar-refractivity contribution in [3.63, 3.8) is 0 Å². The quantitative estimate of drug-likeness (QED) is 0.732.